The highest BCUT2D eigenvalue weighted by Crippen LogP contribution is 2.39. The van der Waals surface area contributed by atoms with E-state index in [4.69, 9.17) is 5.73 Å². The van der Waals surface area contributed by atoms with Crippen LogP contribution in [0.4, 0.5) is 13.2 Å². The topological polar surface area (TPSA) is 90.0 Å². The summed E-state index contributed by atoms with van der Waals surface area (Å²) in [6.45, 7) is 3.55. The Labute approximate surface area is 159 Å². The average molecular weight is 394 g/mol. The third-order valence-electron chi connectivity index (χ3n) is 5.04. The van der Waals surface area contributed by atoms with Gasteiger partial charge < -0.3 is 11.1 Å². The number of nitrogens with two attached hydrogens (primary N) is 1. The number of nitrogens with zero attached hydrogens (tertiary/aromatic N) is 2. The summed E-state index contributed by atoms with van der Waals surface area (Å²) in [4.78, 5) is 25.0. The third kappa shape index (κ3) is 3.94. The molecule has 0 radical (unpaired) electrons. The number of aryl methyl sites for hydroxylation is 1. The van der Waals surface area contributed by atoms with Crippen molar-refractivity contribution in [2.45, 2.75) is 38.4 Å². The first-order valence-electron chi connectivity index (χ1n) is 8.86. The van der Waals surface area contributed by atoms with Gasteiger partial charge in [-0.15, -0.1) is 0 Å². The molecule has 28 heavy (non-hydrogen) atoms. The first-order valence-corrected chi connectivity index (χ1v) is 8.86. The van der Waals surface area contributed by atoms with Gasteiger partial charge >= 0.3 is 6.18 Å². The monoisotopic (exact) mass is 394 g/mol. The number of hydrogen-bond acceptors (Lipinski definition) is 4. The van der Waals surface area contributed by atoms with Crippen LogP contribution in [0.1, 0.15) is 41.5 Å². The summed E-state index contributed by atoms with van der Waals surface area (Å²) in [6.07, 6.45) is -2.65. The minimum absolute atomic E-state index is 0.102. The van der Waals surface area contributed by atoms with E-state index in [2.05, 4.69) is 10.4 Å². The first kappa shape index (κ1) is 20.1. The highest BCUT2D eigenvalue weighted by molar-refractivity contribution is 5.92. The van der Waals surface area contributed by atoms with Crippen molar-refractivity contribution in [3.8, 4) is 5.69 Å². The van der Waals surface area contributed by atoms with Crippen molar-refractivity contribution in [2.24, 2.45) is 11.7 Å². The molecule has 150 valence electrons. The van der Waals surface area contributed by atoms with Gasteiger partial charge in [0, 0.05) is 18.3 Å². The van der Waals surface area contributed by atoms with Crippen molar-refractivity contribution < 1.29 is 18.0 Å². The zero-order valence-corrected chi connectivity index (χ0v) is 15.5. The summed E-state index contributed by atoms with van der Waals surface area (Å²) in [6, 6.07) is 5.71. The molecular formula is C19H21F3N4O2. The first-order chi connectivity index (χ1) is 13.0. The molecule has 0 spiro atoms. The standard InChI is InChI=1S/C19H21F3N4O2/c1-11-8-15(27)16(17(28)24-18(2,10-23)12-6-7-12)25-26(11)14-5-3-4-13(9-14)19(20,21)22/h3-5,8-9,12H,6-7,10,23H2,1-2H3,(H,24,28). The molecule has 2 aromatic rings. The summed E-state index contributed by atoms with van der Waals surface area (Å²) in [5.41, 5.74) is 3.71. The average Bonchev–Trinajstić information content (AvgIpc) is 3.46. The molecule has 1 aliphatic carbocycles. The van der Waals surface area contributed by atoms with E-state index in [0.717, 1.165) is 29.7 Å². The molecule has 9 heteroatoms. The Bertz CT molecular complexity index is 966. The number of rotatable bonds is 5. The number of amides is 1. The van der Waals surface area contributed by atoms with E-state index in [0.29, 0.717) is 5.69 Å². The van der Waals surface area contributed by atoms with Crippen molar-refractivity contribution >= 4 is 5.91 Å². The normalized spacial score (nSPS) is 16.5. The summed E-state index contributed by atoms with van der Waals surface area (Å²) >= 11 is 0. The van der Waals surface area contributed by atoms with Crippen LogP contribution in [0.25, 0.3) is 5.69 Å². The van der Waals surface area contributed by atoms with Crippen molar-refractivity contribution in [1.29, 1.82) is 0 Å². The van der Waals surface area contributed by atoms with Crippen molar-refractivity contribution in [3.05, 3.63) is 57.5 Å². The zero-order valence-electron chi connectivity index (χ0n) is 15.5. The highest BCUT2D eigenvalue weighted by Gasteiger charge is 2.42. The zero-order chi connectivity index (χ0) is 20.7. The summed E-state index contributed by atoms with van der Waals surface area (Å²) in [7, 11) is 0. The molecule has 1 saturated carbocycles. The number of carbonyl (C=O) groups excluding carboxylic acids is 1. The van der Waals surface area contributed by atoms with Gasteiger partial charge in [0.05, 0.1) is 16.8 Å². The lowest BCUT2D eigenvalue weighted by Gasteiger charge is -2.29. The van der Waals surface area contributed by atoms with Crippen LogP contribution in [0.5, 0.6) is 0 Å². The Morgan fingerprint density at radius 2 is 2.00 bits per heavy atom. The molecule has 1 amide bonds. The van der Waals surface area contributed by atoms with E-state index in [-0.39, 0.29) is 23.8 Å². The molecule has 1 fully saturated rings. The number of halogens is 3. The predicted octanol–water partition coefficient (Wildman–Crippen LogP) is 2.42. The second-order valence-electron chi connectivity index (χ2n) is 7.31. The van der Waals surface area contributed by atoms with Crippen molar-refractivity contribution in [2.75, 3.05) is 6.54 Å². The third-order valence-corrected chi connectivity index (χ3v) is 5.04. The molecule has 0 saturated heterocycles. The predicted molar refractivity (Wildman–Crippen MR) is 97.2 cm³/mol. The van der Waals surface area contributed by atoms with Gasteiger partial charge in [-0.1, -0.05) is 6.07 Å². The Morgan fingerprint density at radius 1 is 1.32 bits per heavy atom. The second kappa shape index (κ2) is 7.05. The number of aromatic nitrogens is 2. The molecule has 1 atom stereocenters. The smallest absolute Gasteiger partial charge is 0.344 e. The molecule has 3 N–H and O–H groups in total. The molecule has 1 aliphatic rings. The quantitative estimate of drug-likeness (QED) is 0.815. The summed E-state index contributed by atoms with van der Waals surface area (Å²) < 4.78 is 40.2. The van der Waals surface area contributed by atoms with Crippen LogP contribution in [0.3, 0.4) is 0 Å². The SMILES string of the molecule is Cc1cc(=O)c(C(=O)NC(C)(CN)C2CC2)nn1-c1cccc(C(F)(F)F)c1. The van der Waals surface area contributed by atoms with Crippen molar-refractivity contribution in [1.82, 2.24) is 15.1 Å². The van der Waals surface area contributed by atoms with Crippen LogP contribution in [-0.2, 0) is 6.18 Å². The maximum Gasteiger partial charge on any atom is 0.416 e. The second-order valence-corrected chi connectivity index (χ2v) is 7.31. The number of benzene rings is 1. The van der Waals surface area contributed by atoms with Crippen LogP contribution >= 0.6 is 0 Å². The molecule has 1 heterocycles. The highest BCUT2D eigenvalue weighted by atomic mass is 19.4. The number of nitrogens with one attached hydrogen (secondary N) is 1. The van der Waals surface area contributed by atoms with Gasteiger partial charge in [-0.2, -0.15) is 18.3 Å². The van der Waals surface area contributed by atoms with Crippen LogP contribution in [0.2, 0.25) is 0 Å². The summed E-state index contributed by atoms with van der Waals surface area (Å²) in [5.74, 6) is -0.455. The maximum absolute atomic E-state index is 13.0. The lowest BCUT2D eigenvalue weighted by Crippen LogP contribution is -2.54. The molecule has 0 bridgehead atoms. The number of carbonyl (C=O) groups is 1. The van der Waals surface area contributed by atoms with Gasteiger partial charge in [-0.3, -0.25) is 9.59 Å². The Balaban J connectivity index is 2.00. The lowest BCUT2D eigenvalue weighted by atomic mass is 9.96. The van der Waals surface area contributed by atoms with Gasteiger partial charge in [-0.25, -0.2) is 4.68 Å². The van der Waals surface area contributed by atoms with Gasteiger partial charge in [0.2, 0.25) is 5.43 Å². The molecule has 1 unspecified atom stereocenters. The largest absolute Gasteiger partial charge is 0.416 e. The van der Waals surface area contributed by atoms with E-state index in [1.165, 1.54) is 25.1 Å². The molecule has 3 rings (SSSR count). The fourth-order valence-electron chi connectivity index (χ4n) is 3.14. The van der Waals surface area contributed by atoms with Crippen LogP contribution in [-0.4, -0.2) is 27.8 Å². The van der Waals surface area contributed by atoms with Crippen LogP contribution < -0.4 is 16.5 Å². The lowest BCUT2D eigenvalue weighted by molar-refractivity contribution is -0.137. The Kier molecular flexibility index (Phi) is 5.05. The van der Waals surface area contributed by atoms with Crippen LogP contribution in [0, 0.1) is 12.8 Å². The summed E-state index contributed by atoms with van der Waals surface area (Å²) in [5, 5.41) is 6.82. The van der Waals surface area contributed by atoms with E-state index in [1.807, 2.05) is 6.92 Å². The Morgan fingerprint density at radius 3 is 2.57 bits per heavy atom. The molecule has 1 aromatic carbocycles. The van der Waals surface area contributed by atoms with E-state index in [9.17, 15) is 22.8 Å². The van der Waals surface area contributed by atoms with Gasteiger partial charge in [0.15, 0.2) is 5.69 Å². The minimum atomic E-state index is -4.52. The molecule has 1 aromatic heterocycles. The molecule has 6 nitrogen and oxygen atoms in total. The van der Waals surface area contributed by atoms with Gasteiger partial charge in [-0.05, 0) is 50.8 Å². The number of hydrogen-bond donors (Lipinski definition) is 2. The van der Waals surface area contributed by atoms with E-state index >= 15 is 0 Å². The minimum Gasteiger partial charge on any atom is -0.344 e. The molecular weight excluding hydrogens is 373 g/mol. The number of alkyl halides is 3. The Hall–Kier alpha value is -2.68. The molecule has 0 aliphatic heterocycles. The van der Waals surface area contributed by atoms with Crippen molar-refractivity contribution in [3.63, 3.8) is 0 Å². The van der Waals surface area contributed by atoms with E-state index < -0.39 is 28.6 Å². The van der Waals surface area contributed by atoms with Gasteiger partial charge in [0.1, 0.15) is 0 Å². The van der Waals surface area contributed by atoms with Gasteiger partial charge in [0.25, 0.3) is 5.91 Å². The van der Waals surface area contributed by atoms with Crippen LogP contribution in [0.15, 0.2) is 35.1 Å². The maximum atomic E-state index is 13.0. The van der Waals surface area contributed by atoms with E-state index in [1.54, 1.807) is 0 Å². The fraction of sp³-hybridized carbons (Fsp3) is 0.421. The fourth-order valence-corrected chi connectivity index (χ4v) is 3.14.